The molecule has 1 heterocycles. The molecule has 1 atom stereocenters. The first-order valence-corrected chi connectivity index (χ1v) is 8.51. The molecule has 0 fully saturated rings. The third kappa shape index (κ3) is 3.55. The Morgan fingerprint density at radius 1 is 1.16 bits per heavy atom. The van der Waals surface area contributed by atoms with Gasteiger partial charge in [0.2, 0.25) is 5.91 Å². The van der Waals surface area contributed by atoms with E-state index in [1.807, 2.05) is 19.1 Å². The largest absolute Gasteiger partial charge is 0.497 e. The molecule has 1 aliphatic heterocycles. The van der Waals surface area contributed by atoms with Crippen molar-refractivity contribution in [2.75, 3.05) is 31.0 Å². The van der Waals surface area contributed by atoms with E-state index in [1.165, 1.54) is 5.56 Å². The molecular formula is C20H24N2O3. The lowest BCUT2D eigenvalue weighted by atomic mass is 10.00. The SMILES string of the molecule is COc1ccc(OC)c(NC(=O)C(C)N2CCCc3ccccc32)c1. The highest BCUT2D eigenvalue weighted by Gasteiger charge is 2.26. The second kappa shape index (κ2) is 7.47. The van der Waals surface area contributed by atoms with Gasteiger partial charge in [0, 0.05) is 18.3 Å². The van der Waals surface area contributed by atoms with Gasteiger partial charge in [-0.1, -0.05) is 18.2 Å². The van der Waals surface area contributed by atoms with E-state index in [1.54, 1.807) is 32.4 Å². The van der Waals surface area contributed by atoms with Gasteiger partial charge in [-0.15, -0.1) is 0 Å². The zero-order valence-corrected chi connectivity index (χ0v) is 14.9. The van der Waals surface area contributed by atoms with Crippen molar-refractivity contribution >= 4 is 17.3 Å². The average Bonchev–Trinajstić information content (AvgIpc) is 2.66. The fraction of sp³-hybridized carbons (Fsp3) is 0.350. The molecule has 2 aromatic rings. The summed E-state index contributed by atoms with van der Waals surface area (Å²) in [6.45, 7) is 2.81. The van der Waals surface area contributed by atoms with E-state index in [0.717, 1.165) is 25.1 Å². The Kier molecular flexibility index (Phi) is 5.12. The van der Waals surface area contributed by atoms with Crippen molar-refractivity contribution in [1.82, 2.24) is 0 Å². The number of hydrogen-bond acceptors (Lipinski definition) is 4. The van der Waals surface area contributed by atoms with Crippen LogP contribution >= 0.6 is 0 Å². The lowest BCUT2D eigenvalue weighted by Gasteiger charge is -2.35. The van der Waals surface area contributed by atoms with Gasteiger partial charge >= 0.3 is 0 Å². The number of hydrogen-bond donors (Lipinski definition) is 1. The van der Waals surface area contributed by atoms with E-state index in [2.05, 4.69) is 22.3 Å². The maximum absolute atomic E-state index is 12.8. The van der Waals surface area contributed by atoms with Crippen LogP contribution in [0.15, 0.2) is 42.5 Å². The van der Waals surface area contributed by atoms with Crippen LogP contribution in [0.3, 0.4) is 0 Å². The summed E-state index contributed by atoms with van der Waals surface area (Å²) >= 11 is 0. The Labute approximate surface area is 148 Å². The lowest BCUT2D eigenvalue weighted by Crippen LogP contribution is -2.44. The van der Waals surface area contributed by atoms with Gasteiger partial charge in [0.15, 0.2) is 0 Å². The van der Waals surface area contributed by atoms with Crippen molar-refractivity contribution in [2.24, 2.45) is 0 Å². The number of nitrogens with one attached hydrogen (secondary N) is 1. The zero-order chi connectivity index (χ0) is 17.8. The monoisotopic (exact) mass is 340 g/mol. The van der Waals surface area contributed by atoms with Crippen LogP contribution in [0, 0.1) is 0 Å². The van der Waals surface area contributed by atoms with Crippen molar-refractivity contribution < 1.29 is 14.3 Å². The van der Waals surface area contributed by atoms with Crippen molar-refractivity contribution in [3.8, 4) is 11.5 Å². The fourth-order valence-electron chi connectivity index (χ4n) is 3.26. The van der Waals surface area contributed by atoms with Crippen LogP contribution in [0.2, 0.25) is 0 Å². The number of nitrogens with zero attached hydrogens (tertiary/aromatic N) is 1. The molecule has 2 aromatic carbocycles. The second-order valence-corrected chi connectivity index (χ2v) is 6.16. The first kappa shape index (κ1) is 17.1. The van der Waals surface area contributed by atoms with Gasteiger partial charge in [-0.3, -0.25) is 4.79 Å². The van der Waals surface area contributed by atoms with Gasteiger partial charge in [-0.2, -0.15) is 0 Å². The van der Waals surface area contributed by atoms with Crippen molar-refractivity contribution in [2.45, 2.75) is 25.8 Å². The van der Waals surface area contributed by atoms with Crippen molar-refractivity contribution in [1.29, 1.82) is 0 Å². The Morgan fingerprint density at radius 3 is 2.72 bits per heavy atom. The highest BCUT2D eigenvalue weighted by Crippen LogP contribution is 2.31. The summed E-state index contributed by atoms with van der Waals surface area (Å²) in [7, 11) is 3.18. The molecule has 1 unspecified atom stereocenters. The van der Waals surface area contributed by atoms with Gasteiger partial charge in [0.05, 0.1) is 19.9 Å². The molecule has 3 rings (SSSR count). The van der Waals surface area contributed by atoms with E-state index in [-0.39, 0.29) is 11.9 Å². The molecule has 0 saturated heterocycles. The molecule has 0 aromatic heterocycles. The third-order valence-electron chi connectivity index (χ3n) is 4.66. The van der Waals surface area contributed by atoms with Crippen LogP contribution in [-0.2, 0) is 11.2 Å². The van der Waals surface area contributed by atoms with Crippen LogP contribution in [0.5, 0.6) is 11.5 Å². The van der Waals surface area contributed by atoms with Crippen LogP contribution in [0.4, 0.5) is 11.4 Å². The first-order chi connectivity index (χ1) is 12.1. The molecule has 1 amide bonds. The van der Waals surface area contributed by atoms with Gasteiger partial charge in [-0.25, -0.2) is 0 Å². The number of carbonyl (C=O) groups is 1. The molecular weight excluding hydrogens is 316 g/mol. The van der Waals surface area contributed by atoms with E-state index in [4.69, 9.17) is 9.47 Å². The van der Waals surface area contributed by atoms with E-state index < -0.39 is 0 Å². The number of benzene rings is 2. The maximum Gasteiger partial charge on any atom is 0.246 e. The average molecular weight is 340 g/mol. The third-order valence-corrected chi connectivity index (χ3v) is 4.66. The van der Waals surface area contributed by atoms with E-state index >= 15 is 0 Å². The molecule has 0 saturated carbocycles. The first-order valence-electron chi connectivity index (χ1n) is 8.51. The summed E-state index contributed by atoms with van der Waals surface area (Å²) in [4.78, 5) is 15.0. The number of rotatable bonds is 5. The molecule has 0 bridgehead atoms. The minimum absolute atomic E-state index is 0.0664. The Morgan fingerprint density at radius 2 is 1.96 bits per heavy atom. The van der Waals surface area contributed by atoms with Crippen LogP contribution in [0.1, 0.15) is 18.9 Å². The highest BCUT2D eigenvalue weighted by atomic mass is 16.5. The topological polar surface area (TPSA) is 50.8 Å². The van der Waals surface area contributed by atoms with Gasteiger partial charge < -0.3 is 19.7 Å². The summed E-state index contributed by atoms with van der Waals surface area (Å²) in [6.07, 6.45) is 2.11. The number of aryl methyl sites for hydroxylation is 1. The van der Waals surface area contributed by atoms with Gasteiger partial charge in [0.1, 0.15) is 17.5 Å². The van der Waals surface area contributed by atoms with Crippen LogP contribution < -0.4 is 19.7 Å². The minimum Gasteiger partial charge on any atom is -0.497 e. The minimum atomic E-state index is -0.280. The summed E-state index contributed by atoms with van der Waals surface area (Å²) in [6, 6.07) is 13.4. The number of fused-ring (bicyclic) bond motifs is 1. The number of ether oxygens (including phenoxy) is 2. The second-order valence-electron chi connectivity index (χ2n) is 6.16. The normalized spacial score (nSPS) is 14.4. The quantitative estimate of drug-likeness (QED) is 0.905. The number of para-hydroxylation sites is 1. The van der Waals surface area contributed by atoms with Gasteiger partial charge in [-0.05, 0) is 43.5 Å². The lowest BCUT2D eigenvalue weighted by molar-refractivity contribution is -0.117. The summed E-state index contributed by atoms with van der Waals surface area (Å²) in [5, 5.41) is 2.98. The Balaban J connectivity index is 1.80. The maximum atomic E-state index is 12.8. The Hall–Kier alpha value is -2.69. The zero-order valence-electron chi connectivity index (χ0n) is 14.9. The molecule has 1 aliphatic rings. The molecule has 0 aliphatic carbocycles. The fourth-order valence-corrected chi connectivity index (χ4v) is 3.26. The van der Waals surface area contributed by atoms with Crippen molar-refractivity contribution in [3.05, 3.63) is 48.0 Å². The summed E-state index contributed by atoms with van der Waals surface area (Å²) in [5.74, 6) is 1.22. The molecule has 1 N–H and O–H groups in total. The van der Waals surface area contributed by atoms with Crippen LogP contribution in [0.25, 0.3) is 0 Å². The molecule has 0 spiro atoms. The number of amides is 1. The van der Waals surface area contributed by atoms with Gasteiger partial charge in [0.25, 0.3) is 0 Å². The molecule has 132 valence electrons. The smallest absolute Gasteiger partial charge is 0.246 e. The number of carbonyl (C=O) groups excluding carboxylic acids is 1. The summed E-state index contributed by atoms with van der Waals surface area (Å²) < 4.78 is 10.6. The van der Waals surface area contributed by atoms with E-state index in [9.17, 15) is 4.79 Å². The van der Waals surface area contributed by atoms with Crippen molar-refractivity contribution in [3.63, 3.8) is 0 Å². The molecule has 5 nitrogen and oxygen atoms in total. The summed E-state index contributed by atoms with van der Waals surface area (Å²) in [5.41, 5.74) is 3.06. The standard InChI is InChI=1S/C20H24N2O3/c1-14(22-12-6-8-15-7-4-5-9-18(15)22)20(23)21-17-13-16(24-2)10-11-19(17)25-3/h4-5,7,9-11,13-14H,6,8,12H2,1-3H3,(H,21,23). The highest BCUT2D eigenvalue weighted by molar-refractivity contribution is 5.98. The molecule has 0 radical (unpaired) electrons. The van der Waals surface area contributed by atoms with E-state index in [0.29, 0.717) is 17.2 Å². The van der Waals surface area contributed by atoms with Crippen LogP contribution in [-0.4, -0.2) is 32.7 Å². The predicted octanol–water partition coefficient (Wildman–Crippen LogP) is 3.48. The Bertz CT molecular complexity index is 760. The molecule has 5 heteroatoms. The number of methoxy groups -OCH3 is 2. The predicted molar refractivity (Wildman–Crippen MR) is 99.7 cm³/mol. The molecule has 25 heavy (non-hydrogen) atoms. The number of anilines is 2.